The van der Waals surface area contributed by atoms with Gasteiger partial charge in [-0.15, -0.1) is 0 Å². The maximum atomic E-state index is 12.0. The molecule has 0 aromatic heterocycles. The number of aryl methyl sites for hydroxylation is 1. The minimum atomic E-state index is -0.280. The molecule has 1 heterocycles. The number of para-hydroxylation sites is 1. The lowest BCUT2D eigenvalue weighted by Gasteiger charge is -2.26. The molecule has 0 bridgehead atoms. The monoisotopic (exact) mass is 253 g/mol. The fraction of sp³-hybridized carbons (Fsp3) is 0.188. The van der Waals surface area contributed by atoms with Gasteiger partial charge in [0.05, 0.1) is 5.56 Å². The zero-order chi connectivity index (χ0) is 13.1. The van der Waals surface area contributed by atoms with Crippen LogP contribution in [0.25, 0.3) is 0 Å². The summed E-state index contributed by atoms with van der Waals surface area (Å²) < 4.78 is 5.48. The summed E-state index contributed by atoms with van der Waals surface area (Å²) in [7, 11) is 0. The molecule has 2 aromatic rings. The number of hydrogen-bond donors (Lipinski definition) is 1. The number of carbonyl (C=O) groups excluding carboxylic acids is 1. The maximum absolute atomic E-state index is 12.0. The minimum absolute atomic E-state index is 0.248. The highest BCUT2D eigenvalue weighted by atomic mass is 16.6. The molecule has 96 valence electrons. The Bertz CT molecular complexity index is 580. The van der Waals surface area contributed by atoms with Gasteiger partial charge in [-0.1, -0.05) is 36.4 Å². The quantitative estimate of drug-likeness (QED) is 0.835. The summed E-state index contributed by atoms with van der Waals surface area (Å²) >= 11 is 0. The summed E-state index contributed by atoms with van der Waals surface area (Å²) in [6.07, 6.45) is 1.48. The predicted molar refractivity (Wildman–Crippen MR) is 74.0 cm³/mol. The molecule has 1 atom stereocenters. The van der Waals surface area contributed by atoms with Gasteiger partial charge in [0.25, 0.3) is 0 Å². The Morgan fingerprint density at radius 1 is 1.05 bits per heavy atom. The average molecular weight is 253 g/mol. The van der Waals surface area contributed by atoms with Gasteiger partial charge in [0, 0.05) is 12.1 Å². The van der Waals surface area contributed by atoms with Gasteiger partial charge in [0.1, 0.15) is 0 Å². The van der Waals surface area contributed by atoms with Gasteiger partial charge in [0.15, 0.2) is 6.23 Å². The third-order valence-electron chi connectivity index (χ3n) is 3.27. The molecule has 0 saturated heterocycles. The molecule has 0 fully saturated rings. The van der Waals surface area contributed by atoms with Crippen LogP contribution in [0.15, 0.2) is 54.6 Å². The normalized spacial score (nSPS) is 17.2. The number of hydrogen-bond acceptors (Lipinski definition) is 3. The number of carbonyl (C=O) groups is 1. The molecule has 3 nitrogen and oxygen atoms in total. The van der Waals surface area contributed by atoms with Crippen LogP contribution in [0.1, 0.15) is 22.3 Å². The first-order chi connectivity index (χ1) is 9.33. The molecule has 3 rings (SSSR count). The van der Waals surface area contributed by atoms with Crippen molar-refractivity contribution in [1.82, 2.24) is 0 Å². The van der Waals surface area contributed by atoms with Crippen LogP contribution in [0.2, 0.25) is 0 Å². The Labute approximate surface area is 112 Å². The lowest BCUT2D eigenvalue weighted by Crippen LogP contribution is -2.30. The zero-order valence-electron chi connectivity index (χ0n) is 10.5. The van der Waals surface area contributed by atoms with Gasteiger partial charge in [-0.2, -0.15) is 0 Å². The van der Waals surface area contributed by atoms with Crippen molar-refractivity contribution in [2.75, 3.05) is 5.32 Å². The van der Waals surface area contributed by atoms with E-state index in [9.17, 15) is 4.79 Å². The molecule has 0 amide bonds. The summed E-state index contributed by atoms with van der Waals surface area (Å²) in [6, 6.07) is 17.2. The van der Waals surface area contributed by atoms with Crippen molar-refractivity contribution >= 4 is 11.7 Å². The van der Waals surface area contributed by atoms with Gasteiger partial charge in [-0.05, 0) is 30.2 Å². The third-order valence-corrected chi connectivity index (χ3v) is 3.27. The molecule has 1 aliphatic rings. The fourth-order valence-corrected chi connectivity index (χ4v) is 2.27. The van der Waals surface area contributed by atoms with Gasteiger partial charge >= 0.3 is 5.97 Å². The molecule has 0 spiro atoms. The van der Waals surface area contributed by atoms with E-state index in [0.717, 1.165) is 18.5 Å². The highest BCUT2D eigenvalue weighted by molar-refractivity contribution is 5.89. The van der Waals surface area contributed by atoms with E-state index >= 15 is 0 Å². The zero-order valence-corrected chi connectivity index (χ0v) is 10.5. The molecule has 0 radical (unpaired) electrons. The van der Waals surface area contributed by atoms with Crippen molar-refractivity contribution < 1.29 is 9.53 Å². The van der Waals surface area contributed by atoms with Crippen LogP contribution in [0, 0.1) is 0 Å². The van der Waals surface area contributed by atoms with Crippen molar-refractivity contribution in [2.45, 2.75) is 19.1 Å². The second-order valence-corrected chi connectivity index (χ2v) is 4.60. The summed E-state index contributed by atoms with van der Waals surface area (Å²) in [6.45, 7) is 0. The van der Waals surface area contributed by atoms with Crippen LogP contribution in [0.3, 0.4) is 0 Å². The summed E-state index contributed by atoms with van der Waals surface area (Å²) in [4.78, 5) is 12.0. The Hall–Kier alpha value is -2.29. The fourth-order valence-electron chi connectivity index (χ4n) is 2.27. The molecule has 1 N–H and O–H groups in total. The van der Waals surface area contributed by atoms with Crippen molar-refractivity contribution in [3.63, 3.8) is 0 Å². The molecule has 3 heteroatoms. The van der Waals surface area contributed by atoms with Crippen LogP contribution in [0.4, 0.5) is 5.69 Å². The Morgan fingerprint density at radius 3 is 2.63 bits per heavy atom. The van der Waals surface area contributed by atoms with E-state index in [1.807, 2.05) is 36.4 Å². The average Bonchev–Trinajstić information content (AvgIpc) is 2.48. The van der Waals surface area contributed by atoms with E-state index in [1.54, 1.807) is 12.1 Å². The number of ether oxygens (including phenoxy) is 1. The van der Waals surface area contributed by atoms with Crippen LogP contribution < -0.4 is 5.32 Å². The van der Waals surface area contributed by atoms with Gasteiger partial charge in [0.2, 0.25) is 0 Å². The molecule has 19 heavy (non-hydrogen) atoms. The topological polar surface area (TPSA) is 38.3 Å². The first-order valence-corrected chi connectivity index (χ1v) is 6.43. The van der Waals surface area contributed by atoms with Gasteiger partial charge in [-0.3, -0.25) is 0 Å². The number of esters is 1. The van der Waals surface area contributed by atoms with Crippen LogP contribution in [-0.4, -0.2) is 12.2 Å². The molecule has 1 aliphatic heterocycles. The van der Waals surface area contributed by atoms with Crippen LogP contribution in [-0.2, 0) is 11.2 Å². The Balaban J connectivity index is 1.68. The summed E-state index contributed by atoms with van der Waals surface area (Å²) in [5.41, 5.74) is 2.91. The van der Waals surface area contributed by atoms with E-state index in [1.165, 1.54) is 5.56 Å². The number of nitrogens with one attached hydrogen (secondary N) is 1. The number of fused-ring (bicyclic) bond motifs is 1. The Morgan fingerprint density at radius 2 is 1.79 bits per heavy atom. The summed E-state index contributed by atoms with van der Waals surface area (Å²) in [5, 5.41) is 3.25. The first kappa shape index (κ1) is 11.8. The lowest BCUT2D eigenvalue weighted by molar-refractivity contribution is 0.0337. The predicted octanol–water partition coefficient (Wildman–Crippen LogP) is 3.23. The highest BCUT2D eigenvalue weighted by Crippen LogP contribution is 2.25. The summed E-state index contributed by atoms with van der Waals surface area (Å²) in [5.74, 6) is -0.280. The molecule has 0 aliphatic carbocycles. The second-order valence-electron chi connectivity index (χ2n) is 4.60. The molecular formula is C16H15NO2. The first-order valence-electron chi connectivity index (χ1n) is 6.43. The van der Waals surface area contributed by atoms with Gasteiger partial charge in [-0.25, -0.2) is 4.79 Å². The standard InChI is InChI=1S/C16H15NO2/c18-16(13-7-2-1-3-8-13)19-15-11-10-12-6-4-5-9-14(12)17-15/h1-9,15,17H,10-11H2. The van der Waals surface area contributed by atoms with E-state index < -0.39 is 0 Å². The Kier molecular flexibility index (Phi) is 3.19. The SMILES string of the molecule is O=C(OC1CCc2ccccc2N1)c1ccccc1. The third kappa shape index (κ3) is 2.60. The molecule has 1 unspecified atom stereocenters. The molecule has 0 saturated carbocycles. The largest absolute Gasteiger partial charge is 0.438 e. The van der Waals surface area contributed by atoms with Gasteiger partial charge < -0.3 is 10.1 Å². The number of benzene rings is 2. The minimum Gasteiger partial charge on any atom is -0.438 e. The van der Waals surface area contributed by atoms with Crippen molar-refractivity contribution in [3.8, 4) is 0 Å². The van der Waals surface area contributed by atoms with E-state index in [2.05, 4.69) is 11.4 Å². The highest BCUT2D eigenvalue weighted by Gasteiger charge is 2.20. The van der Waals surface area contributed by atoms with E-state index in [0.29, 0.717) is 5.56 Å². The smallest absolute Gasteiger partial charge is 0.340 e. The maximum Gasteiger partial charge on any atom is 0.340 e. The number of rotatable bonds is 2. The molecular weight excluding hydrogens is 238 g/mol. The second kappa shape index (κ2) is 5.14. The van der Waals surface area contributed by atoms with Crippen molar-refractivity contribution in [1.29, 1.82) is 0 Å². The van der Waals surface area contributed by atoms with E-state index in [4.69, 9.17) is 4.74 Å². The number of anilines is 1. The molecule has 2 aromatic carbocycles. The van der Waals surface area contributed by atoms with Crippen LogP contribution in [0.5, 0.6) is 0 Å². The van der Waals surface area contributed by atoms with Crippen molar-refractivity contribution in [3.05, 3.63) is 65.7 Å². The lowest BCUT2D eigenvalue weighted by atomic mass is 10.0. The van der Waals surface area contributed by atoms with Crippen molar-refractivity contribution in [2.24, 2.45) is 0 Å². The van der Waals surface area contributed by atoms with Crippen LogP contribution >= 0.6 is 0 Å². The van der Waals surface area contributed by atoms with E-state index in [-0.39, 0.29) is 12.2 Å².